The number of nitrogens with zero attached hydrogens (tertiary/aromatic N) is 4. The molecule has 0 spiro atoms. The summed E-state index contributed by atoms with van der Waals surface area (Å²) in [5.74, 6) is 6.04. The van der Waals surface area contributed by atoms with Gasteiger partial charge in [-0.3, -0.25) is 24.0 Å². The van der Waals surface area contributed by atoms with Crippen molar-refractivity contribution in [3.8, 4) is 11.8 Å². The van der Waals surface area contributed by atoms with Crippen molar-refractivity contribution in [2.75, 3.05) is 11.9 Å². The molecule has 1 aliphatic heterocycles. The first kappa shape index (κ1) is 44.0. The second-order valence-corrected chi connectivity index (χ2v) is 16.8. The molecular weight excluding hydrogens is 791 g/mol. The number of hydrogen-bond donors (Lipinski definition) is 6. The molecule has 0 amide bonds. The van der Waals surface area contributed by atoms with Gasteiger partial charge in [-0.05, 0) is 38.0 Å². The molecule has 300 valence electrons. The second kappa shape index (κ2) is 19.4. The molecule has 2 unspecified atom stereocenters. The number of anilines is 1. The molecule has 1 aromatic carbocycles. The van der Waals surface area contributed by atoms with Crippen molar-refractivity contribution in [2.45, 2.75) is 89.7 Å². The number of phosphoric acid groups is 3. The number of phosphoric ester groups is 1. The Morgan fingerprint density at radius 1 is 1.04 bits per heavy atom. The number of benzene rings is 1. The van der Waals surface area contributed by atoms with Gasteiger partial charge < -0.3 is 39.5 Å². The minimum Gasteiger partial charge on any atom is -0.390 e. The number of pyridine rings is 1. The number of carbonyl (C=O) groups excluding carboxylic acids is 2. The number of ketones is 2. The van der Waals surface area contributed by atoms with Crippen molar-refractivity contribution in [3.63, 3.8) is 0 Å². The van der Waals surface area contributed by atoms with Crippen LogP contribution in [0.5, 0.6) is 0 Å². The quantitative estimate of drug-likeness (QED) is 0.0281. The third-order valence-electron chi connectivity index (χ3n) is 8.04. The zero-order valence-electron chi connectivity index (χ0n) is 29.3. The predicted molar refractivity (Wildman–Crippen MR) is 192 cm³/mol. The van der Waals surface area contributed by atoms with Crippen LogP contribution in [-0.2, 0) is 47.7 Å². The number of rotatable bonds is 21. The van der Waals surface area contributed by atoms with Crippen molar-refractivity contribution in [1.82, 2.24) is 14.5 Å². The Labute approximate surface area is 314 Å². The predicted octanol–water partition coefficient (Wildman–Crippen LogP) is 4.57. The minimum absolute atomic E-state index is 0.0144. The molecule has 24 heteroatoms. The number of nitrogens with one attached hydrogen (secondary N) is 1. The van der Waals surface area contributed by atoms with Crippen LogP contribution in [0.1, 0.15) is 82.1 Å². The van der Waals surface area contributed by atoms with Crippen molar-refractivity contribution in [3.05, 3.63) is 58.0 Å². The van der Waals surface area contributed by atoms with Gasteiger partial charge in [0.25, 0.3) is 5.69 Å². The van der Waals surface area contributed by atoms with E-state index in [0.717, 1.165) is 25.7 Å². The molecule has 0 radical (unpaired) electrons. The van der Waals surface area contributed by atoms with Gasteiger partial charge in [0.15, 0.2) is 5.65 Å². The SMILES string of the molecule is CC(=O)CCCCCCC(=O)CCC#Cc1ccc(CNc2ccnc3c2ncn3[C@H]2C[C@@H](O)[C@@H](COP(=O)(O)OP(=O)(O)OP(=O)(O)O)O2)c([N+](=O)[O-])c1. The highest BCUT2D eigenvalue weighted by Gasteiger charge is 2.43. The van der Waals surface area contributed by atoms with E-state index in [-0.39, 0.29) is 42.3 Å². The van der Waals surface area contributed by atoms with Crippen LogP contribution >= 0.6 is 23.5 Å². The van der Waals surface area contributed by atoms with Crippen LogP contribution in [0.4, 0.5) is 11.4 Å². The molecule has 3 aromatic rings. The Kier molecular flexibility index (Phi) is 15.5. The van der Waals surface area contributed by atoms with Gasteiger partial charge in [-0.1, -0.05) is 24.7 Å². The Balaban J connectivity index is 1.33. The third-order valence-corrected chi connectivity index (χ3v) is 11.8. The van der Waals surface area contributed by atoms with E-state index in [0.29, 0.717) is 41.6 Å². The van der Waals surface area contributed by atoms with Crippen molar-refractivity contribution < 1.29 is 70.8 Å². The van der Waals surface area contributed by atoms with E-state index in [9.17, 15) is 48.3 Å². The van der Waals surface area contributed by atoms with Crippen LogP contribution in [-0.4, -0.2) is 74.5 Å². The molecule has 3 heterocycles. The molecule has 0 saturated carbocycles. The maximum absolute atomic E-state index is 12.2. The summed E-state index contributed by atoms with van der Waals surface area (Å²) in [6.45, 7) is 0.716. The summed E-state index contributed by atoms with van der Waals surface area (Å²) in [5, 5.41) is 25.6. The molecule has 1 fully saturated rings. The first-order valence-electron chi connectivity index (χ1n) is 16.8. The van der Waals surface area contributed by atoms with E-state index in [2.05, 4.69) is 40.3 Å². The number of imidazole rings is 1. The number of nitro benzene ring substituents is 1. The molecule has 0 aliphatic carbocycles. The highest BCUT2D eigenvalue weighted by atomic mass is 31.3. The molecular formula is C31H40N5O16P3. The average Bonchev–Trinajstić information content (AvgIpc) is 3.68. The number of ether oxygens (including phenoxy) is 1. The van der Waals surface area contributed by atoms with Crippen molar-refractivity contribution in [1.29, 1.82) is 0 Å². The Morgan fingerprint density at radius 2 is 1.76 bits per heavy atom. The van der Waals surface area contributed by atoms with Gasteiger partial charge in [-0.2, -0.15) is 8.62 Å². The second-order valence-electron chi connectivity index (χ2n) is 12.4. The summed E-state index contributed by atoms with van der Waals surface area (Å²) < 4.78 is 53.6. The number of carbonyl (C=O) groups is 2. The van der Waals surface area contributed by atoms with Gasteiger partial charge >= 0.3 is 23.5 Å². The number of aliphatic hydroxyl groups excluding tert-OH is 1. The van der Waals surface area contributed by atoms with Crippen LogP contribution in [0.25, 0.3) is 11.2 Å². The highest BCUT2D eigenvalue weighted by molar-refractivity contribution is 7.66. The molecule has 4 rings (SSSR count). The van der Waals surface area contributed by atoms with E-state index >= 15 is 0 Å². The first-order valence-corrected chi connectivity index (χ1v) is 21.3. The van der Waals surface area contributed by atoms with Crippen molar-refractivity contribution in [2.24, 2.45) is 0 Å². The van der Waals surface area contributed by atoms with E-state index in [4.69, 9.17) is 14.5 Å². The summed E-state index contributed by atoms with van der Waals surface area (Å²) in [6, 6.07) is 6.16. The minimum atomic E-state index is -5.73. The fourth-order valence-electron chi connectivity index (χ4n) is 5.49. The number of aliphatic hydroxyl groups is 1. The van der Waals surface area contributed by atoms with Gasteiger partial charge in [0.1, 0.15) is 29.4 Å². The molecule has 1 saturated heterocycles. The Bertz CT molecular complexity index is 2080. The van der Waals surface area contributed by atoms with Gasteiger partial charge in [-0.15, -0.1) is 0 Å². The fourth-order valence-corrected chi connectivity index (χ4v) is 8.52. The van der Waals surface area contributed by atoms with E-state index in [1.807, 2.05) is 0 Å². The lowest BCUT2D eigenvalue weighted by molar-refractivity contribution is -0.385. The number of unbranched alkanes of at least 4 members (excludes halogenated alkanes) is 3. The van der Waals surface area contributed by atoms with Crippen LogP contribution in [0, 0.1) is 22.0 Å². The first-order chi connectivity index (χ1) is 25.8. The molecule has 21 nitrogen and oxygen atoms in total. The van der Waals surface area contributed by atoms with Gasteiger partial charge in [0.2, 0.25) is 0 Å². The molecule has 55 heavy (non-hydrogen) atoms. The van der Waals surface area contributed by atoms with Crippen LogP contribution in [0.3, 0.4) is 0 Å². The van der Waals surface area contributed by atoms with Gasteiger partial charge in [0, 0.05) is 62.0 Å². The molecule has 6 N–H and O–H groups in total. The fraction of sp³-hybridized carbons (Fsp3) is 0.484. The summed E-state index contributed by atoms with van der Waals surface area (Å²) in [7, 11) is -16.8. The number of nitro groups is 1. The van der Waals surface area contributed by atoms with E-state index in [1.54, 1.807) is 25.1 Å². The number of fused-ring (bicyclic) bond motifs is 1. The number of Topliss-reactive ketones (excluding diaryl/α,β-unsaturated/α-hetero) is 2. The molecule has 2 aromatic heterocycles. The van der Waals surface area contributed by atoms with Gasteiger partial charge in [0.05, 0.1) is 29.6 Å². The summed E-state index contributed by atoms with van der Waals surface area (Å²) >= 11 is 0. The summed E-state index contributed by atoms with van der Waals surface area (Å²) in [4.78, 5) is 79.6. The molecule has 5 atom stereocenters. The summed E-state index contributed by atoms with van der Waals surface area (Å²) in [5.41, 5.74) is 1.65. The number of hydrogen-bond acceptors (Lipinski definition) is 15. The Morgan fingerprint density at radius 3 is 2.45 bits per heavy atom. The lowest BCUT2D eigenvalue weighted by atomic mass is 10.1. The van der Waals surface area contributed by atoms with E-state index < -0.39 is 53.4 Å². The highest BCUT2D eigenvalue weighted by Crippen LogP contribution is 2.66. The zero-order chi connectivity index (χ0) is 40.4. The van der Waals surface area contributed by atoms with Crippen LogP contribution in [0.15, 0.2) is 36.8 Å². The smallest absolute Gasteiger partial charge is 0.390 e. The van der Waals surface area contributed by atoms with E-state index in [1.165, 1.54) is 23.2 Å². The topological polar surface area (TPSA) is 309 Å². The van der Waals surface area contributed by atoms with Gasteiger partial charge in [-0.25, -0.2) is 23.7 Å². The lowest BCUT2D eigenvalue weighted by Gasteiger charge is -2.19. The Hall–Kier alpha value is -3.73. The lowest BCUT2D eigenvalue weighted by Crippen LogP contribution is -2.26. The van der Waals surface area contributed by atoms with Crippen molar-refractivity contribution >= 4 is 57.6 Å². The largest absolute Gasteiger partial charge is 0.490 e. The van der Waals surface area contributed by atoms with Crippen LogP contribution in [0.2, 0.25) is 0 Å². The maximum atomic E-state index is 12.2. The maximum Gasteiger partial charge on any atom is 0.490 e. The van der Waals surface area contributed by atoms with Crippen LogP contribution < -0.4 is 5.32 Å². The monoisotopic (exact) mass is 831 g/mol. The third kappa shape index (κ3) is 14.1. The standard InChI is InChI=1S/C31H40N5O16P3/c1-21(37)8-4-2-3-5-10-24(38)11-7-6-9-22-12-13-23(26(16-22)36(40)41)18-33-25-14-15-32-31-30(25)34-20-35(31)29-17-27(39)28(50-29)19-49-54(45,46)52-55(47,48)51-53(42,43)44/h12-16,20,27-29,39H,2-5,7-8,10-11,17-19H2,1H3,(H,32,33)(H,45,46)(H,47,48)(H2,42,43,44)/t27-,28-,29-/m1/s1. The zero-order valence-corrected chi connectivity index (χ0v) is 32.0. The normalized spacial score (nSPS) is 19.3. The molecule has 1 aliphatic rings. The summed E-state index contributed by atoms with van der Waals surface area (Å²) in [6.07, 6.45) is 4.18. The number of aromatic nitrogens is 3. The average molecular weight is 832 g/mol. The molecule has 0 bridgehead atoms.